The molecule has 1 aromatic heterocycles. The maximum Gasteiger partial charge on any atom is 0.226 e. The first-order valence-corrected chi connectivity index (χ1v) is 8.87. The molecule has 2 N–H and O–H groups in total. The van der Waals surface area contributed by atoms with E-state index in [0.29, 0.717) is 18.4 Å². The van der Waals surface area contributed by atoms with Gasteiger partial charge in [-0.3, -0.25) is 4.99 Å². The van der Waals surface area contributed by atoms with E-state index in [1.807, 2.05) is 30.3 Å². The third-order valence-electron chi connectivity index (χ3n) is 4.51. The first kappa shape index (κ1) is 20.7. The van der Waals surface area contributed by atoms with Crippen LogP contribution in [0.5, 0.6) is 0 Å². The second kappa shape index (κ2) is 10.5. The van der Waals surface area contributed by atoms with E-state index in [-0.39, 0.29) is 24.0 Å². The number of guanidine groups is 1. The molecule has 1 fully saturated rings. The molecule has 1 aliphatic rings. The van der Waals surface area contributed by atoms with Crippen molar-refractivity contribution in [3.8, 4) is 11.5 Å². The summed E-state index contributed by atoms with van der Waals surface area (Å²) < 4.78 is 5.57. The summed E-state index contributed by atoms with van der Waals surface area (Å²) in [7, 11) is 3.98. The van der Waals surface area contributed by atoms with Crippen molar-refractivity contribution < 1.29 is 4.42 Å². The van der Waals surface area contributed by atoms with Gasteiger partial charge in [-0.15, -0.1) is 24.0 Å². The van der Waals surface area contributed by atoms with Crippen LogP contribution in [0.15, 0.2) is 46.0 Å². The quantitative estimate of drug-likeness (QED) is 0.401. The van der Waals surface area contributed by atoms with Gasteiger partial charge in [-0.2, -0.15) is 0 Å². The van der Waals surface area contributed by atoms with Crippen molar-refractivity contribution in [2.75, 3.05) is 33.7 Å². The Kier molecular flexibility index (Phi) is 8.37. The molecule has 0 radical (unpaired) electrons. The van der Waals surface area contributed by atoms with Crippen molar-refractivity contribution in [1.29, 1.82) is 0 Å². The molecular formula is C19H28IN5O. The number of aromatic nitrogens is 1. The van der Waals surface area contributed by atoms with Crippen LogP contribution in [0.25, 0.3) is 11.5 Å². The van der Waals surface area contributed by atoms with Gasteiger partial charge in [0.25, 0.3) is 0 Å². The Morgan fingerprint density at radius 2 is 2.12 bits per heavy atom. The number of aliphatic imine (C=N–C) groups is 1. The molecule has 0 amide bonds. The third kappa shape index (κ3) is 5.98. The zero-order chi connectivity index (χ0) is 17.5. The number of nitrogens with one attached hydrogen (secondary N) is 2. The molecule has 2 aromatic rings. The molecule has 0 spiro atoms. The molecule has 1 atom stereocenters. The van der Waals surface area contributed by atoms with E-state index < -0.39 is 0 Å². The van der Waals surface area contributed by atoms with Gasteiger partial charge in [0.05, 0.1) is 12.2 Å². The normalized spacial score (nSPS) is 18.2. The number of nitrogens with zero attached hydrogens (tertiary/aromatic N) is 3. The lowest BCUT2D eigenvalue weighted by Crippen LogP contribution is -2.43. The van der Waals surface area contributed by atoms with Gasteiger partial charge in [0.15, 0.2) is 5.96 Å². The maximum atomic E-state index is 5.57. The average molecular weight is 469 g/mol. The second-order valence-electron chi connectivity index (χ2n) is 6.59. The van der Waals surface area contributed by atoms with Gasteiger partial charge in [0, 0.05) is 25.7 Å². The van der Waals surface area contributed by atoms with Crippen LogP contribution in [0.1, 0.15) is 18.5 Å². The Morgan fingerprint density at radius 3 is 2.85 bits per heavy atom. The van der Waals surface area contributed by atoms with Crippen molar-refractivity contribution in [3.63, 3.8) is 0 Å². The molecule has 0 aliphatic carbocycles. The summed E-state index contributed by atoms with van der Waals surface area (Å²) in [6.07, 6.45) is 4.24. The summed E-state index contributed by atoms with van der Waals surface area (Å²) in [6, 6.07) is 9.92. The monoisotopic (exact) mass is 469 g/mol. The average Bonchev–Trinajstić information content (AvgIpc) is 3.12. The largest absolute Gasteiger partial charge is 0.444 e. The Bertz CT molecular complexity index is 688. The van der Waals surface area contributed by atoms with Crippen molar-refractivity contribution in [2.24, 2.45) is 10.9 Å². The molecule has 1 aromatic carbocycles. The summed E-state index contributed by atoms with van der Waals surface area (Å²) >= 11 is 0. The lowest BCUT2D eigenvalue weighted by atomic mass is 9.99. The van der Waals surface area contributed by atoms with E-state index in [4.69, 9.17) is 4.42 Å². The topological polar surface area (TPSA) is 65.7 Å². The van der Waals surface area contributed by atoms with Crippen LogP contribution in [0.2, 0.25) is 0 Å². The fourth-order valence-electron chi connectivity index (χ4n) is 3.18. The number of likely N-dealkylation sites (tertiary alicyclic amines) is 1. The van der Waals surface area contributed by atoms with E-state index in [1.165, 1.54) is 19.4 Å². The molecule has 1 aliphatic heterocycles. The number of piperidine rings is 1. The summed E-state index contributed by atoms with van der Waals surface area (Å²) in [5.41, 5.74) is 1.84. The first-order valence-electron chi connectivity index (χ1n) is 8.87. The minimum Gasteiger partial charge on any atom is -0.444 e. The molecule has 3 rings (SSSR count). The molecule has 1 unspecified atom stereocenters. The first-order chi connectivity index (χ1) is 12.2. The fraction of sp³-hybridized carbons (Fsp3) is 0.474. The van der Waals surface area contributed by atoms with Crippen molar-refractivity contribution in [3.05, 3.63) is 42.3 Å². The summed E-state index contributed by atoms with van der Waals surface area (Å²) in [5, 5.41) is 6.73. The van der Waals surface area contributed by atoms with Crippen LogP contribution in [-0.4, -0.2) is 49.6 Å². The number of hydrogen-bond donors (Lipinski definition) is 2. The highest BCUT2D eigenvalue weighted by molar-refractivity contribution is 14.0. The molecule has 1 saturated heterocycles. The van der Waals surface area contributed by atoms with Crippen LogP contribution >= 0.6 is 24.0 Å². The van der Waals surface area contributed by atoms with E-state index in [2.05, 4.69) is 32.6 Å². The van der Waals surface area contributed by atoms with Crippen molar-refractivity contribution in [2.45, 2.75) is 19.4 Å². The predicted octanol–water partition coefficient (Wildman–Crippen LogP) is 2.97. The number of halogens is 1. The molecule has 142 valence electrons. The molecule has 0 bridgehead atoms. The lowest BCUT2D eigenvalue weighted by Gasteiger charge is -2.30. The zero-order valence-corrected chi connectivity index (χ0v) is 17.8. The van der Waals surface area contributed by atoms with E-state index in [9.17, 15) is 0 Å². The number of benzene rings is 1. The van der Waals surface area contributed by atoms with Gasteiger partial charge < -0.3 is 20.0 Å². The van der Waals surface area contributed by atoms with Gasteiger partial charge >= 0.3 is 0 Å². The predicted molar refractivity (Wildman–Crippen MR) is 116 cm³/mol. The highest BCUT2D eigenvalue weighted by Crippen LogP contribution is 2.17. The Morgan fingerprint density at radius 1 is 1.31 bits per heavy atom. The number of oxazole rings is 1. The number of hydrogen-bond acceptors (Lipinski definition) is 4. The minimum atomic E-state index is 0. The standard InChI is InChI=1S/C19H27N5O.HI/c1-20-19(21-11-15-7-6-10-24(2)13-15)22-12-17-14-25-18(23-17)16-8-4-3-5-9-16;/h3-5,8-9,14-15H,6-7,10-13H2,1-2H3,(H2,20,21,22);1H. The number of rotatable bonds is 5. The van der Waals surface area contributed by atoms with Crippen LogP contribution in [0.3, 0.4) is 0 Å². The van der Waals surface area contributed by atoms with Gasteiger partial charge in [-0.1, -0.05) is 18.2 Å². The van der Waals surface area contributed by atoms with Crippen molar-refractivity contribution >= 4 is 29.9 Å². The Labute approximate surface area is 172 Å². The molecule has 26 heavy (non-hydrogen) atoms. The van der Waals surface area contributed by atoms with Gasteiger partial charge in [-0.05, 0) is 44.5 Å². The SMILES string of the molecule is CN=C(NCc1coc(-c2ccccc2)n1)NCC1CCCN(C)C1.I. The highest BCUT2D eigenvalue weighted by Gasteiger charge is 2.17. The summed E-state index contributed by atoms with van der Waals surface area (Å²) in [6.45, 7) is 3.88. The van der Waals surface area contributed by atoms with Gasteiger partial charge in [0.2, 0.25) is 5.89 Å². The third-order valence-corrected chi connectivity index (χ3v) is 4.51. The van der Waals surface area contributed by atoms with Crippen LogP contribution < -0.4 is 10.6 Å². The Hall–Kier alpha value is -1.61. The van der Waals surface area contributed by atoms with Gasteiger partial charge in [0.1, 0.15) is 6.26 Å². The smallest absolute Gasteiger partial charge is 0.226 e. The Balaban J connectivity index is 0.00000243. The van der Waals surface area contributed by atoms with Crippen LogP contribution in [-0.2, 0) is 6.54 Å². The molecule has 0 saturated carbocycles. The van der Waals surface area contributed by atoms with Gasteiger partial charge in [-0.25, -0.2) is 4.98 Å². The fourth-order valence-corrected chi connectivity index (χ4v) is 3.18. The summed E-state index contributed by atoms with van der Waals surface area (Å²) in [5.74, 6) is 2.12. The van der Waals surface area contributed by atoms with E-state index >= 15 is 0 Å². The zero-order valence-electron chi connectivity index (χ0n) is 15.4. The molecule has 2 heterocycles. The van der Waals surface area contributed by atoms with Crippen LogP contribution in [0.4, 0.5) is 0 Å². The molecule has 6 nitrogen and oxygen atoms in total. The maximum absolute atomic E-state index is 5.57. The van der Waals surface area contributed by atoms with Crippen molar-refractivity contribution in [1.82, 2.24) is 20.5 Å². The summed E-state index contributed by atoms with van der Waals surface area (Å²) in [4.78, 5) is 11.2. The van der Waals surface area contributed by atoms with E-state index in [1.54, 1.807) is 13.3 Å². The minimum absolute atomic E-state index is 0. The highest BCUT2D eigenvalue weighted by atomic mass is 127. The molecule has 7 heteroatoms. The van der Waals surface area contributed by atoms with Crippen LogP contribution in [0, 0.1) is 5.92 Å². The lowest BCUT2D eigenvalue weighted by molar-refractivity contribution is 0.210. The molecular weight excluding hydrogens is 441 g/mol. The van der Waals surface area contributed by atoms with E-state index in [0.717, 1.165) is 30.3 Å². The second-order valence-corrected chi connectivity index (χ2v) is 6.59.